The Hall–Kier alpha value is -3.03. The van der Waals surface area contributed by atoms with Gasteiger partial charge in [-0.05, 0) is 23.8 Å². The SMILES string of the molecule is NC(=NC1CC(=O)N(Cc2ccccc2C(F)(F)F)C1)c1ccccc1N. The molecule has 2 aromatic rings. The second kappa shape index (κ2) is 7.30. The van der Waals surface area contributed by atoms with Gasteiger partial charge in [0.1, 0.15) is 5.84 Å². The van der Waals surface area contributed by atoms with Crippen LogP contribution in [-0.4, -0.2) is 29.2 Å². The third-order valence-corrected chi connectivity index (χ3v) is 4.44. The van der Waals surface area contributed by atoms with Crippen LogP contribution in [0.5, 0.6) is 0 Å². The number of amides is 1. The van der Waals surface area contributed by atoms with Crippen LogP contribution in [0.2, 0.25) is 0 Å². The Labute approximate surface area is 154 Å². The lowest BCUT2D eigenvalue weighted by molar-refractivity contribution is -0.139. The number of anilines is 1. The topological polar surface area (TPSA) is 84.7 Å². The molecule has 0 aliphatic carbocycles. The van der Waals surface area contributed by atoms with Crippen LogP contribution in [0.3, 0.4) is 0 Å². The number of nitrogen functional groups attached to an aromatic ring is 1. The zero-order valence-electron chi connectivity index (χ0n) is 14.4. The van der Waals surface area contributed by atoms with E-state index in [1.807, 2.05) is 0 Å². The van der Waals surface area contributed by atoms with Crippen molar-refractivity contribution in [1.82, 2.24) is 4.90 Å². The smallest absolute Gasteiger partial charge is 0.398 e. The van der Waals surface area contributed by atoms with Crippen LogP contribution in [0, 0.1) is 0 Å². The molecule has 1 fully saturated rings. The predicted molar refractivity (Wildman–Crippen MR) is 96.8 cm³/mol. The number of amidine groups is 1. The molecule has 1 aliphatic rings. The van der Waals surface area contributed by atoms with Crippen molar-refractivity contribution in [1.29, 1.82) is 0 Å². The maximum absolute atomic E-state index is 13.1. The van der Waals surface area contributed by atoms with Crippen LogP contribution in [0.1, 0.15) is 23.1 Å². The fourth-order valence-corrected chi connectivity index (χ4v) is 3.13. The van der Waals surface area contributed by atoms with Gasteiger partial charge in [-0.25, -0.2) is 0 Å². The Balaban J connectivity index is 1.76. The van der Waals surface area contributed by atoms with E-state index in [9.17, 15) is 18.0 Å². The number of nitrogens with zero attached hydrogens (tertiary/aromatic N) is 2. The van der Waals surface area contributed by atoms with E-state index in [1.165, 1.54) is 23.1 Å². The molecule has 8 heteroatoms. The molecule has 1 aliphatic heterocycles. The maximum Gasteiger partial charge on any atom is 0.416 e. The molecule has 2 aromatic carbocycles. The first-order valence-electron chi connectivity index (χ1n) is 8.36. The molecule has 3 rings (SSSR count). The molecule has 0 spiro atoms. The molecule has 5 nitrogen and oxygen atoms in total. The van der Waals surface area contributed by atoms with E-state index in [0.29, 0.717) is 11.3 Å². The quantitative estimate of drug-likeness (QED) is 0.489. The number of alkyl halides is 3. The van der Waals surface area contributed by atoms with Gasteiger partial charge in [0, 0.05) is 24.3 Å². The summed E-state index contributed by atoms with van der Waals surface area (Å²) in [7, 11) is 0. The number of likely N-dealkylation sites (tertiary alicyclic amines) is 1. The Morgan fingerprint density at radius 2 is 1.81 bits per heavy atom. The summed E-state index contributed by atoms with van der Waals surface area (Å²) in [4.78, 5) is 18.0. The van der Waals surface area contributed by atoms with Gasteiger partial charge in [0.05, 0.1) is 18.0 Å². The number of rotatable bonds is 4. The van der Waals surface area contributed by atoms with Crippen molar-refractivity contribution in [2.75, 3.05) is 12.3 Å². The third-order valence-electron chi connectivity index (χ3n) is 4.44. The van der Waals surface area contributed by atoms with Crippen molar-refractivity contribution in [2.24, 2.45) is 10.7 Å². The van der Waals surface area contributed by atoms with E-state index in [0.717, 1.165) is 6.07 Å². The summed E-state index contributed by atoms with van der Waals surface area (Å²) in [6.45, 7) is 0.0897. The van der Waals surface area contributed by atoms with Crippen LogP contribution in [0.4, 0.5) is 18.9 Å². The Morgan fingerprint density at radius 3 is 2.52 bits per heavy atom. The number of nitrogens with two attached hydrogens (primary N) is 2. The summed E-state index contributed by atoms with van der Waals surface area (Å²) >= 11 is 0. The van der Waals surface area contributed by atoms with Gasteiger partial charge >= 0.3 is 6.18 Å². The first kappa shape index (κ1) is 18.8. The van der Waals surface area contributed by atoms with Crippen molar-refractivity contribution in [2.45, 2.75) is 25.2 Å². The highest BCUT2D eigenvalue weighted by Crippen LogP contribution is 2.33. The minimum absolute atomic E-state index is 0.0586. The summed E-state index contributed by atoms with van der Waals surface area (Å²) in [5.74, 6) is -0.0435. The molecule has 27 heavy (non-hydrogen) atoms. The molecule has 0 bridgehead atoms. The second-order valence-electron chi connectivity index (χ2n) is 6.39. The van der Waals surface area contributed by atoms with Crippen LogP contribution in [-0.2, 0) is 17.5 Å². The standard InChI is InChI=1S/C19H19F3N4O/c20-19(21,22)15-7-3-1-5-12(15)10-26-11-13(9-17(26)27)25-18(24)14-6-2-4-8-16(14)23/h1-8,13H,9-11,23H2,(H2,24,25). The van der Waals surface area contributed by atoms with Crippen molar-refractivity contribution in [3.8, 4) is 0 Å². The van der Waals surface area contributed by atoms with E-state index in [1.54, 1.807) is 24.3 Å². The highest BCUT2D eigenvalue weighted by Gasteiger charge is 2.35. The summed E-state index contributed by atoms with van der Waals surface area (Å²) in [5.41, 5.74) is 12.2. The molecular weight excluding hydrogens is 357 g/mol. The highest BCUT2D eigenvalue weighted by atomic mass is 19.4. The molecule has 1 saturated heterocycles. The van der Waals surface area contributed by atoms with Crippen LogP contribution >= 0.6 is 0 Å². The lowest BCUT2D eigenvalue weighted by atomic mass is 10.1. The number of aliphatic imine (C=N–C) groups is 1. The fourth-order valence-electron chi connectivity index (χ4n) is 3.13. The number of hydrogen-bond donors (Lipinski definition) is 2. The maximum atomic E-state index is 13.1. The molecule has 142 valence electrons. The minimum atomic E-state index is -4.47. The number of para-hydroxylation sites is 1. The van der Waals surface area contributed by atoms with Crippen LogP contribution in [0.25, 0.3) is 0 Å². The predicted octanol–water partition coefficient (Wildman–Crippen LogP) is 2.79. The number of benzene rings is 2. The first-order valence-corrected chi connectivity index (χ1v) is 8.36. The zero-order valence-corrected chi connectivity index (χ0v) is 14.4. The second-order valence-corrected chi connectivity index (χ2v) is 6.39. The molecule has 1 heterocycles. The van der Waals surface area contributed by atoms with Gasteiger partial charge in [-0.1, -0.05) is 30.3 Å². The number of hydrogen-bond acceptors (Lipinski definition) is 3. The van der Waals surface area contributed by atoms with Gasteiger partial charge in [0.25, 0.3) is 0 Å². The van der Waals surface area contributed by atoms with E-state index >= 15 is 0 Å². The van der Waals surface area contributed by atoms with Crippen molar-refractivity contribution >= 4 is 17.4 Å². The monoisotopic (exact) mass is 376 g/mol. The Bertz CT molecular complexity index is 879. The zero-order chi connectivity index (χ0) is 19.6. The first-order chi connectivity index (χ1) is 12.8. The number of halogens is 3. The van der Waals surface area contributed by atoms with Crippen molar-refractivity contribution in [3.05, 3.63) is 65.2 Å². The average Bonchev–Trinajstić information content (AvgIpc) is 2.94. The minimum Gasteiger partial charge on any atom is -0.398 e. The average molecular weight is 376 g/mol. The van der Waals surface area contributed by atoms with Crippen LogP contribution in [0.15, 0.2) is 53.5 Å². The Kier molecular flexibility index (Phi) is 5.07. The van der Waals surface area contributed by atoms with Gasteiger partial charge in [0.2, 0.25) is 5.91 Å². The van der Waals surface area contributed by atoms with Gasteiger partial charge in [0.15, 0.2) is 0 Å². The molecule has 1 amide bonds. The van der Waals surface area contributed by atoms with Crippen molar-refractivity contribution in [3.63, 3.8) is 0 Å². The molecule has 0 aromatic heterocycles. The molecule has 1 atom stereocenters. The normalized spacial score (nSPS) is 18.2. The largest absolute Gasteiger partial charge is 0.416 e. The van der Waals surface area contributed by atoms with Crippen LogP contribution < -0.4 is 11.5 Å². The fraction of sp³-hybridized carbons (Fsp3) is 0.263. The molecule has 4 N–H and O–H groups in total. The molecule has 0 radical (unpaired) electrons. The summed E-state index contributed by atoms with van der Waals surface area (Å²) in [6.07, 6.45) is -4.37. The summed E-state index contributed by atoms with van der Waals surface area (Å²) < 4.78 is 39.4. The van der Waals surface area contributed by atoms with Gasteiger partial charge in [-0.15, -0.1) is 0 Å². The van der Waals surface area contributed by atoms with Gasteiger partial charge < -0.3 is 16.4 Å². The van der Waals surface area contributed by atoms with E-state index in [4.69, 9.17) is 11.5 Å². The number of carbonyl (C=O) groups is 1. The van der Waals surface area contributed by atoms with Gasteiger partial charge in [-0.2, -0.15) is 13.2 Å². The van der Waals surface area contributed by atoms with E-state index in [2.05, 4.69) is 4.99 Å². The summed E-state index contributed by atoms with van der Waals surface area (Å²) in [6, 6.07) is 11.8. The number of carbonyl (C=O) groups excluding carboxylic acids is 1. The summed E-state index contributed by atoms with van der Waals surface area (Å²) in [5, 5.41) is 0. The molecular formula is C19H19F3N4O. The molecule has 0 saturated carbocycles. The lowest BCUT2D eigenvalue weighted by Crippen LogP contribution is -2.27. The Morgan fingerprint density at radius 1 is 1.15 bits per heavy atom. The molecule has 1 unspecified atom stereocenters. The highest BCUT2D eigenvalue weighted by molar-refractivity contribution is 6.02. The van der Waals surface area contributed by atoms with Gasteiger partial charge in [-0.3, -0.25) is 9.79 Å². The van der Waals surface area contributed by atoms with E-state index < -0.39 is 17.8 Å². The lowest BCUT2D eigenvalue weighted by Gasteiger charge is -2.19. The van der Waals surface area contributed by atoms with E-state index in [-0.39, 0.29) is 36.8 Å². The van der Waals surface area contributed by atoms with Crippen molar-refractivity contribution < 1.29 is 18.0 Å². The third kappa shape index (κ3) is 4.21.